The lowest BCUT2D eigenvalue weighted by Gasteiger charge is -2.40. The molecule has 9 atom stereocenters. The molecular formula is C61H117NO10. The topological polar surface area (TPSA) is 189 Å². The number of aliphatic hydroxyl groups is 7. The number of hydrogen-bond donors (Lipinski definition) is 8. The number of aliphatic hydroxyl groups excluding tert-OH is 7. The van der Waals surface area contributed by atoms with E-state index in [0.717, 1.165) is 38.5 Å². The first kappa shape index (κ1) is 68.6. The number of nitrogens with one attached hydrogen (secondary N) is 1. The van der Waals surface area contributed by atoms with E-state index in [0.29, 0.717) is 19.3 Å². The Morgan fingerprint density at radius 3 is 1.22 bits per heavy atom. The summed E-state index contributed by atoms with van der Waals surface area (Å²) in [5.74, 6) is -0.707. The molecule has 0 aromatic heterocycles. The minimum atomic E-state index is -1.67. The van der Waals surface area contributed by atoms with Gasteiger partial charge in [0.15, 0.2) is 6.29 Å². The van der Waals surface area contributed by atoms with Crippen LogP contribution in [0.3, 0.4) is 0 Å². The van der Waals surface area contributed by atoms with E-state index in [4.69, 9.17) is 9.47 Å². The molecule has 11 heteroatoms. The summed E-state index contributed by atoms with van der Waals surface area (Å²) < 4.78 is 11.1. The fourth-order valence-electron chi connectivity index (χ4n) is 9.98. The van der Waals surface area contributed by atoms with Crippen LogP contribution in [-0.4, -0.2) is 110 Å². The van der Waals surface area contributed by atoms with Crippen LogP contribution in [0.25, 0.3) is 0 Å². The highest BCUT2D eigenvalue weighted by Crippen LogP contribution is 2.24. The van der Waals surface area contributed by atoms with Crippen molar-refractivity contribution in [1.82, 2.24) is 5.32 Å². The number of rotatable bonds is 53. The predicted octanol–water partition coefficient (Wildman–Crippen LogP) is 13.3. The number of hydrogen-bond acceptors (Lipinski definition) is 10. The van der Waals surface area contributed by atoms with Gasteiger partial charge in [-0.05, 0) is 44.9 Å². The Labute approximate surface area is 442 Å². The molecule has 0 aromatic rings. The minimum Gasteiger partial charge on any atom is -0.394 e. The summed E-state index contributed by atoms with van der Waals surface area (Å²) in [6.45, 7) is 3.40. The number of allylic oxidation sites excluding steroid dienone is 4. The van der Waals surface area contributed by atoms with Crippen molar-refractivity contribution in [3.8, 4) is 0 Å². The van der Waals surface area contributed by atoms with Gasteiger partial charge < -0.3 is 50.5 Å². The van der Waals surface area contributed by atoms with Gasteiger partial charge in [0.25, 0.3) is 0 Å². The second-order valence-electron chi connectivity index (χ2n) is 21.8. The summed E-state index contributed by atoms with van der Waals surface area (Å²) >= 11 is 0. The highest BCUT2D eigenvalue weighted by Gasteiger charge is 2.44. The normalized spacial score (nSPS) is 20.2. The summed E-state index contributed by atoms with van der Waals surface area (Å²) in [5.41, 5.74) is 0. The molecule has 0 radical (unpaired) electrons. The van der Waals surface area contributed by atoms with E-state index in [-0.39, 0.29) is 12.8 Å². The molecule has 9 unspecified atom stereocenters. The summed E-state index contributed by atoms with van der Waals surface area (Å²) in [5, 5.41) is 75.9. The van der Waals surface area contributed by atoms with E-state index < -0.39 is 74.2 Å². The predicted molar refractivity (Wildman–Crippen MR) is 298 cm³/mol. The molecule has 1 rings (SSSR count). The summed E-state index contributed by atoms with van der Waals surface area (Å²) in [4.78, 5) is 13.1. The quantitative estimate of drug-likeness (QED) is 0.0215. The summed E-state index contributed by atoms with van der Waals surface area (Å²) in [6, 6.07) is -1.19. The van der Waals surface area contributed by atoms with Gasteiger partial charge in [-0.3, -0.25) is 4.79 Å². The molecule has 1 aliphatic heterocycles. The van der Waals surface area contributed by atoms with Crippen molar-refractivity contribution in [3.05, 3.63) is 24.3 Å². The van der Waals surface area contributed by atoms with E-state index in [2.05, 4.69) is 43.5 Å². The highest BCUT2D eigenvalue weighted by molar-refractivity contribution is 5.80. The third kappa shape index (κ3) is 38.2. The standard InChI is InChI=1S/C61H117NO10/c1-3-5-7-9-11-13-15-16-17-18-19-20-21-22-23-24-25-26-27-28-29-30-31-32-33-34-35-36-37-39-41-43-45-47-49-54(65)60(70)62-52(51-71-61-59(69)58(68)57(67)55(50-63)72-61)56(66)53(64)48-46-44-42-40-38-14-12-10-8-6-4-2/h10,12,40,42,52-59,61,63-69H,3-9,11,13-39,41,43-51H2,1-2H3,(H,62,70)/b12-10+,42-40+. The zero-order valence-electron chi connectivity index (χ0n) is 46.7. The first-order valence-electron chi connectivity index (χ1n) is 30.7. The Hall–Kier alpha value is -1.41. The minimum absolute atomic E-state index is 0.247. The van der Waals surface area contributed by atoms with Gasteiger partial charge in [0.05, 0.1) is 25.4 Å². The fourth-order valence-corrected chi connectivity index (χ4v) is 9.98. The van der Waals surface area contributed by atoms with Gasteiger partial charge in [0, 0.05) is 0 Å². The Balaban J connectivity index is 2.13. The fraction of sp³-hybridized carbons (Fsp3) is 0.918. The zero-order chi connectivity index (χ0) is 52.5. The van der Waals surface area contributed by atoms with Crippen LogP contribution in [0.1, 0.15) is 290 Å². The van der Waals surface area contributed by atoms with E-state index >= 15 is 0 Å². The number of unbranched alkanes of at least 4 members (excludes halogenated alkanes) is 37. The van der Waals surface area contributed by atoms with Crippen molar-refractivity contribution in [2.45, 2.75) is 345 Å². The van der Waals surface area contributed by atoms with Gasteiger partial charge >= 0.3 is 0 Å². The van der Waals surface area contributed by atoms with Crippen molar-refractivity contribution in [1.29, 1.82) is 0 Å². The number of carbonyl (C=O) groups is 1. The van der Waals surface area contributed by atoms with Crippen molar-refractivity contribution >= 4 is 5.91 Å². The van der Waals surface area contributed by atoms with Crippen molar-refractivity contribution in [2.75, 3.05) is 13.2 Å². The largest absolute Gasteiger partial charge is 0.394 e. The zero-order valence-corrected chi connectivity index (χ0v) is 46.7. The molecule has 1 heterocycles. The van der Waals surface area contributed by atoms with Gasteiger partial charge in [0.2, 0.25) is 5.91 Å². The van der Waals surface area contributed by atoms with Gasteiger partial charge in [-0.2, -0.15) is 0 Å². The molecule has 1 aliphatic rings. The lowest BCUT2D eigenvalue weighted by molar-refractivity contribution is -0.303. The molecule has 0 bridgehead atoms. The third-order valence-electron chi connectivity index (χ3n) is 15.0. The van der Waals surface area contributed by atoms with Crippen LogP contribution >= 0.6 is 0 Å². The SMILES string of the molecule is CCCC/C=C/CC/C=C/CCCC(O)C(O)C(COC1OC(CO)C(O)C(O)C1O)NC(=O)C(O)CCCCCCCCCCCCCCCCCCCCCCCCCCCCCCCCCCCC. The van der Waals surface area contributed by atoms with Gasteiger partial charge in [-0.1, -0.05) is 269 Å². The maximum atomic E-state index is 13.1. The number of amides is 1. The molecule has 1 fully saturated rings. The van der Waals surface area contributed by atoms with Gasteiger partial charge in [-0.25, -0.2) is 0 Å². The molecule has 426 valence electrons. The lowest BCUT2D eigenvalue weighted by Crippen LogP contribution is -2.60. The molecule has 11 nitrogen and oxygen atoms in total. The second kappa shape index (κ2) is 50.4. The van der Waals surface area contributed by atoms with Crippen LogP contribution in [0.4, 0.5) is 0 Å². The van der Waals surface area contributed by atoms with Crippen LogP contribution in [0.15, 0.2) is 24.3 Å². The van der Waals surface area contributed by atoms with Gasteiger partial charge in [-0.15, -0.1) is 0 Å². The molecule has 8 N–H and O–H groups in total. The molecule has 0 aliphatic carbocycles. The van der Waals surface area contributed by atoms with Crippen LogP contribution in [-0.2, 0) is 14.3 Å². The Bertz CT molecular complexity index is 1220. The van der Waals surface area contributed by atoms with E-state index in [9.17, 15) is 40.5 Å². The molecule has 1 amide bonds. The van der Waals surface area contributed by atoms with Crippen LogP contribution in [0.5, 0.6) is 0 Å². The smallest absolute Gasteiger partial charge is 0.249 e. The molecule has 0 spiro atoms. The lowest BCUT2D eigenvalue weighted by atomic mass is 9.98. The Morgan fingerprint density at radius 2 is 0.833 bits per heavy atom. The Morgan fingerprint density at radius 1 is 0.472 bits per heavy atom. The van der Waals surface area contributed by atoms with Crippen LogP contribution in [0.2, 0.25) is 0 Å². The van der Waals surface area contributed by atoms with E-state index in [1.54, 1.807) is 0 Å². The first-order valence-corrected chi connectivity index (χ1v) is 30.7. The number of ether oxygens (including phenoxy) is 2. The molecular weight excluding hydrogens is 907 g/mol. The molecule has 0 aromatic carbocycles. The monoisotopic (exact) mass is 1020 g/mol. The third-order valence-corrected chi connectivity index (χ3v) is 15.0. The van der Waals surface area contributed by atoms with E-state index in [1.807, 2.05) is 0 Å². The van der Waals surface area contributed by atoms with Crippen LogP contribution < -0.4 is 5.32 Å². The average molecular weight is 1020 g/mol. The summed E-state index contributed by atoms with van der Waals surface area (Å²) in [7, 11) is 0. The summed E-state index contributed by atoms with van der Waals surface area (Å²) in [6.07, 6.45) is 50.0. The maximum absolute atomic E-state index is 13.1. The van der Waals surface area contributed by atoms with Crippen LogP contribution in [0, 0.1) is 0 Å². The van der Waals surface area contributed by atoms with Crippen molar-refractivity contribution < 1.29 is 50.0 Å². The molecule has 72 heavy (non-hydrogen) atoms. The highest BCUT2D eigenvalue weighted by atomic mass is 16.7. The van der Waals surface area contributed by atoms with Crippen molar-refractivity contribution in [3.63, 3.8) is 0 Å². The van der Waals surface area contributed by atoms with E-state index in [1.165, 1.54) is 205 Å². The second-order valence-corrected chi connectivity index (χ2v) is 21.8. The molecule has 1 saturated heterocycles. The van der Waals surface area contributed by atoms with Gasteiger partial charge in [0.1, 0.15) is 36.6 Å². The Kier molecular flexibility index (Phi) is 48.0. The number of carbonyl (C=O) groups excluding carboxylic acids is 1. The average Bonchev–Trinajstić information content (AvgIpc) is 3.38. The maximum Gasteiger partial charge on any atom is 0.249 e. The molecule has 0 saturated carbocycles. The first-order chi connectivity index (χ1) is 35.2. The van der Waals surface area contributed by atoms with Crippen molar-refractivity contribution in [2.24, 2.45) is 0 Å².